The predicted molar refractivity (Wildman–Crippen MR) is 135 cm³/mol. The van der Waals surface area contributed by atoms with Crippen LogP contribution >= 0.6 is 0 Å². The molecule has 2 amide bonds. The smallest absolute Gasteiger partial charge is 0.387 e. The van der Waals surface area contributed by atoms with Crippen LogP contribution in [0.4, 0.5) is 8.78 Å². The maximum atomic E-state index is 13.5. The van der Waals surface area contributed by atoms with E-state index in [2.05, 4.69) is 16.1 Å². The van der Waals surface area contributed by atoms with Crippen molar-refractivity contribution in [2.45, 2.75) is 51.3 Å². The Morgan fingerprint density at radius 1 is 1.10 bits per heavy atom. The van der Waals surface area contributed by atoms with Crippen LogP contribution in [0.2, 0.25) is 0 Å². The average molecular weight is 570 g/mol. The number of likely N-dealkylation sites (tertiary alicyclic amines) is 1. The summed E-state index contributed by atoms with van der Waals surface area (Å²) in [6.07, 6.45) is 2.18. The maximum absolute atomic E-state index is 13.5. The molecule has 0 bridgehead atoms. The van der Waals surface area contributed by atoms with Crippen LogP contribution < -0.4 is 14.8 Å². The number of carbonyl (C=O) groups is 2. The predicted octanol–water partition coefficient (Wildman–Crippen LogP) is 1.88. The molecule has 0 radical (unpaired) electrons. The van der Waals surface area contributed by atoms with Gasteiger partial charge in [0.25, 0.3) is 10.2 Å². The number of piperidine rings is 1. The lowest BCUT2D eigenvalue weighted by Crippen LogP contribution is -2.57. The lowest BCUT2D eigenvalue weighted by Gasteiger charge is -2.41. The maximum Gasteiger partial charge on any atom is 0.387 e. The van der Waals surface area contributed by atoms with Crippen LogP contribution in [0.15, 0.2) is 18.2 Å². The van der Waals surface area contributed by atoms with E-state index in [1.807, 2.05) is 0 Å². The summed E-state index contributed by atoms with van der Waals surface area (Å²) in [7, 11) is -2.42. The molecule has 0 aromatic heterocycles. The highest BCUT2D eigenvalue weighted by Gasteiger charge is 2.44. The zero-order valence-electron chi connectivity index (χ0n) is 21.9. The van der Waals surface area contributed by atoms with Crippen LogP contribution in [0, 0.1) is 23.2 Å². The largest absolute Gasteiger partial charge is 0.493 e. The van der Waals surface area contributed by atoms with E-state index in [4.69, 9.17) is 10.00 Å². The summed E-state index contributed by atoms with van der Waals surface area (Å²) < 4.78 is 63.4. The molecule has 1 aromatic carbocycles. The van der Waals surface area contributed by atoms with E-state index in [1.165, 1.54) is 27.9 Å². The van der Waals surface area contributed by atoms with Gasteiger partial charge in [-0.25, -0.2) is 0 Å². The van der Waals surface area contributed by atoms with E-state index in [1.54, 1.807) is 17.9 Å². The Morgan fingerprint density at radius 2 is 1.82 bits per heavy atom. The fraction of sp³-hybridized carbons (Fsp3) is 0.640. The number of carbonyl (C=O) groups excluding carboxylic acids is 2. The number of rotatable bonds is 9. The number of nitriles is 1. The van der Waals surface area contributed by atoms with E-state index >= 15 is 0 Å². The van der Waals surface area contributed by atoms with Gasteiger partial charge in [-0.05, 0) is 50.3 Å². The molecule has 3 heterocycles. The molecule has 39 heavy (non-hydrogen) atoms. The molecule has 3 aliphatic rings. The van der Waals surface area contributed by atoms with Gasteiger partial charge in [0, 0.05) is 32.7 Å². The number of halogens is 2. The minimum absolute atomic E-state index is 0.0446. The van der Waals surface area contributed by atoms with Crippen molar-refractivity contribution in [1.29, 1.82) is 5.26 Å². The molecule has 3 atom stereocenters. The molecule has 0 unspecified atom stereocenters. The SMILES string of the molecule is COc1cc([C@@H](C)NC(=O)[C@H]2CCCN2C(=O)[C@H]2CCCN(S(=O)(=O)N3CC(C#N)C3)C2)ccc1OC(F)F. The van der Waals surface area contributed by atoms with Gasteiger partial charge in [0.15, 0.2) is 11.5 Å². The van der Waals surface area contributed by atoms with Gasteiger partial charge in [-0.1, -0.05) is 6.07 Å². The summed E-state index contributed by atoms with van der Waals surface area (Å²) in [5.74, 6) is -1.47. The third-order valence-corrected chi connectivity index (χ3v) is 9.45. The second kappa shape index (κ2) is 12.0. The summed E-state index contributed by atoms with van der Waals surface area (Å²) >= 11 is 0. The van der Waals surface area contributed by atoms with E-state index in [9.17, 15) is 26.8 Å². The minimum Gasteiger partial charge on any atom is -0.493 e. The van der Waals surface area contributed by atoms with Crippen LogP contribution in [0.5, 0.6) is 11.5 Å². The Morgan fingerprint density at radius 3 is 2.49 bits per heavy atom. The highest BCUT2D eigenvalue weighted by molar-refractivity contribution is 7.86. The third kappa shape index (κ3) is 6.26. The second-order valence-electron chi connectivity index (χ2n) is 10.1. The van der Waals surface area contributed by atoms with Crippen molar-refractivity contribution in [3.8, 4) is 17.6 Å². The summed E-state index contributed by atoms with van der Waals surface area (Å²) in [5, 5.41) is 11.9. The zero-order chi connectivity index (χ0) is 28.3. The molecular formula is C25H33F2N5O6S. The Hall–Kier alpha value is -3.02. The second-order valence-corrected chi connectivity index (χ2v) is 12.0. The first-order valence-electron chi connectivity index (χ1n) is 12.9. The Balaban J connectivity index is 1.38. The van der Waals surface area contributed by atoms with Gasteiger partial charge >= 0.3 is 6.61 Å². The normalized spacial score (nSPS) is 23.6. The number of benzene rings is 1. The fourth-order valence-electron chi connectivity index (χ4n) is 5.30. The molecule has 4 rings (SSSR count). The number of nitrogens with zero attached hydrogens (tertiary/aromatic N) is 4. The Kier molecular flexibility index (Phi) is 8.93. The molecule has 3 aliphatic heterocycles. The molecule has 3 fully saturated rings. The molecule has 0 saturated carbocycles. The minimum atomic E-state index is -3.75. The van der Waals surface area contributed by atoms with Gasteiger partial charge in [-0.2, -0.15) is 31.1 Å². The van der Waals surface area contributed by atoms with Crippen LogP contribution in [-0.4, -0.2) is 86.2 Å². The third-order valence-electron chi connectivity index (χ3n) is 7.52. The molecule has 11 nitrogen and oxygen atoms in total. The average Bonchev–Trinajstić information content (AvgIpc) is 3.37. The first kappa shape index (κ1) is 29.0. The van der Waals surface area contributed by atoms with Gasteiger partial charge in [-0.15, -0.1) is 0 Å². The van der Waals surface area contributed by atoms with Gasteiger partial charge in [-0.3, -0.25) is 9.59 Å². The summed E-state index contributed by atoms with van der Waals surface area (Å²) in [5.41, 5.74) is 0.607. The molecule has 1 N–H and O–H groups in total. The lowest BCUT2D eigenvalue weighted by atomic mass is 9.97. The Labute approximate surface area is 226 Å². The Bertz CT molecular complexity index is 1220. The fourth-order valence-corrected chi connectivity index (χ4v) is 7.09. The summed E-state index contributed by atoms with van der Waals surface area (Å²) in [4.78, 5) is 28.2. The van der Waals surface area contributed by atoms with E-state index in [-0.39, 0.29) is 48.9 Å². The first-order chi connectivity index (χ1) is 18.5. The number of hydrogen-bond acceptors (Lipinski definition) is 7. The van der Waals surface area contributed by atoms with Gasteiger partial charge in [0.2, 0.25) is 11.8 Å². The standard InChI is InChI=1S/C25H33F2N5O6S/c1-16(18-7-8-21(38-25(26)27)22(11-18)37-2)29-23(33)20-6-4-10-32(20)24(34)19-5-3-9-30(15-19)39(35,36)31-13-17(12-28)14-31/h7-8,11,16-17,19-20,25H,3-6,9-10,13-15H2,1-2H3,(H,29,33)/t16-,19+,20-/m1/s1. The monoisotopic (exact) mass is 569 g/mol. The van der Waals surface area contributed by atoms with Crippen LogP contribution in [0.25, 0.3) is 0 Å². The van der Waals surface area contributed by atoms with E-state index in [0.717, 1.165) is 0 Å². The van der Waals surface area contributed by atoms with Crippen LogP contribution in [-0.2, 0) is 19.8 Å². The number of amides is 2. The lowest BCUT2D eigenvalue weighted by molar-refractivity contribution is -0.142. The van der Waals surface area contributed by atoms with Crippen molar-refractivity contribution in [2.75, 3.05) is 39.8 Å². The summed E-state index contributed by atoms with van der Waals surface area (Å²) in [6.45, 7) is -0.191. The van der Waals surface area contributed by atoms with Gasteiger partial charge < -0.3 is 19.7 Å². The van der Waals surface area contributed by atoms with E-state index < -0.39 is 34.8 Å². The number of hydrogen-bond donors (Lipinski definition) is 1. The zero-order valence-corrected chi connectivity index (χ0v) is 22.7. The van der Waals surface area contributed by atoms with Crippen molar-refractivity contribution < 1.29 is 36.3 Å². The van der Waals surface area contributed by atoms with E-state index in [0.29, 0.717) is 44.3 Å². The van der Waals surface area contributed by atoms with Crippen LogP contribution in [0.1, 0.15) is 44.2 Å². The highest BCUT2D eigenvalue weighted by atomic mass is 32.2. The van der Waals surface area contributed by atoms with Crippen molar-refractivity contribution in [3.63, 3.8) is 0 Å². The highest BCUT2D eigenvalue weighted by Crippen LogP contribution is 2.32. The van der Waals surface area contributed by atoms with Gasteiger partial charge in [0.05, 0.1) is 31.1 Å². The first-order valence-corrected chi connectivity index (χ1v) is 14.3. The van der Waals surface area contributed by atoms with Gasteiger partial charge in [0.1, 0.15) is 6.04 Å². The van der Waals surface area contributed by atoms with Crippen molar-refractivity contribution in [3.05, 3.63) is 23.8 Å². The molecule has 3 saturated heterocycles. The number of nitrogens with one attached hydrogen (secondary N) is 1. The quantitative estimate of drug-likeness (QED) is 0.480. The van der Waals surface area contributed by atoms with Crippen LogP contribution in [0.3, 0.4) is 0 Å². The van der Waals surface area contributed by atoms with Crippen molar-refractivity contribution in [1.82, 2.24) is 18.8 Å². The molecule has 14 heteroatoms. The molecule has 1 aromatic rings. The van der Waals surface area contributed by atoms with Crippen molar-refractivity contribution >= 4 is 22.0 Å². The topological polar surface area (TPSA) is 132 Å². The molecule has 214 valence electrons. The van der Waals surface area contributed by atoms with Crippen molar-refractivity contribution in [2.24, 2.45) is 11.8 Å². The number of alkyl halides is 2. The number of methoxy groups -OCH3 is 1. The molecular weight excluding hydrogens is 536 g/mol. The summed E-state index contributed by atoms with van der Waals surface area (Å²) in [6, 6.07) is 5.27. The molecule has 0 aliphatic carbocycles. The number of ether oxygens (including phenoxy) is 2. The molecule has 0 spiro atoms.